The van der Waals surface area contributed by atoms with E-state index in [-0.39, 0.29) is 11.9 Å². The van der Waals surface area contributed by atoms with Crippen LogP contribution in [0, 0.1) is 0 Å². The van der Waals surface area contributed by atoms with Crippen molar-refractivity contribution in [2.24, 2.45) is 0 Å². The molecule has 4 rings (SSSR count). The maximum atomic E-state index is 13.2. The van der Waals surface area contributed by atoms with Crippen LogP contribution in [0.2, 0.25) is 0 Å². The predicted molar refractivity (Wildman–Crippen MR) is 114 cm³/mol. The number of amides is 1. The van der Waals surface area contributed by atoms with Crippen LogP contribution in [-0.2, 0) is 16.6 Å². The first-order valence-corrected chi connectivity index (χ1v) is 9.93. The Hall–Kier alpha value is -3.08. The number of rotatable bonds is 7. The molecule has 1 unspecified atom stereocenters. The molecule has 1 saturated carbocycles. The molecule has 150 valence electrons. The molecule has 0 radical (unpaired) electrons. The van der Waals surface area contributed by atoms with E-state index in [0.29, 0.717) is 17.9 Å². The number of carbonyl (C=O) groups is 1. The molecule has 1 aliphatic rings. The monoisotopic (exact) mass is 390 g/mol. The van der Waals surface area contributed by atoms with Crippen molar-refractivity contribution >= 4 is 16.7 Å². The Labute approximate surface area is 171 Å². The Kier molecular flexibility index (Phi) is 5.14. The van der Waals surface area contributed by atoms with E-state index in [1.54, 1.807) is 20.4 Å². The lowest BCUT2D eigenvalue weighted by atomic mass is 9.94. The minimum absolute atomic E-state index is 0.00643. The van der Waals surface area contributed by atoms with Crippen LogP contribution in [-0.4, -0.2) is 31.2 Å². The van der Waals surface area contributed by atoms with E-state index >= 15 is 0 Å². The minimum atomic E-state index is -0.507. The van der Waals surface area contributed by atoms with E-state index in [1.807, 2.05) is 43.3 Å². The van der Waals surface area contributed by atoms with E-state index < -0.39 is 5.41 Å². The summed E-state index contributed by atoms with van der Waals surface area (Å²) in [5.74, 6) is 1.46. The summed E-state index contributed by atoms with van der Waals surface area (Å²) < 4.78 is 10.7. The topological polar surface area (TPSA) is 60.5 Å². The predicted octanol–water partition coefficient (Wildman–Crippen LogP) is 4.03. The van der Waals surface area contributed by atoms with Crippen LogP contribution in [0.15, 0.2) is 54.7 Å². The molecule has 29 heavy (non-hydrogen) atoms. The molecule has 3 aromatic rings. The fraction of sp³-hybridized carbons (Fsp3) is 0.333. The Morgan fingerprint density at radius 2 is 1.86 bits per heavy atom. The highest BCUT2D eigenvalue weighted by Crippen LogP contribution is 2.49. The number of carbonyl (C=O) groups excluding carboxylic acids is 1. The zero-order valence-electron chi connectivity index (χ0n) is 17.1. The highest BCUT2D eigenvalue weighted by molar-refractivity contribution is 5.97. The molecular weight excluding hydrogens is 364 g/mol. The number of pyridine rings is 1. The van der Waals surface area contributed by atoms with Crippen LogP contribution in [0.25, 0.3) is 10.8 Å². The molecule has 5 heteroatoms. The molecule has 1 atom stereocenters. The number of nitrogens with zero attached hydrogens (tertiary/aromatic N) is 1. The molecule has 0 aliphatic heterocycles. The number of nitrogens with one attached hydrogen (secondary N) is 1. The zero-order valence-corrected chi connectivity index (χ0v) is 17.1. The lowest BCUT2D eigenvalue weighted by Crippen LogP contribution is -2.41. The second-order valence-corrected chi connectivity index (χ2v) is 7.73. The number of hydrogen-bond donors (Lipinski definition) is 1. The van der Waals surface area contributed by atoms with E-state index in [4.69, 9.17) is 9.47 Å². The van der Waals surface area contributed by atoms with Crippen LogP contribution in [0.1, 0.15) is 31.0 Å². The Balaban J connectivity index is 1.50. The second kappa shape index (κ2) is 7.74. The van der Waals surface area contributed by atoms with Crippen molar-refractivity contribution in [2.75, 3.05) is 14.2 Å². The SMILES string of the molecule is COc1ccc(CC(C)NC(=O)C2(c3nccc4ccccc34)CC2)cc1OC. The summed E-state index contributed by atoms with van der Waals surface area (Å²) in [6.07, 6.45) is 4.19. The number of benzene rings is 2. The van der Waals surface area contributed by atoms with E-state index in [9.17, 15) is 4.79 Å². The number of methoxy groups -OCH3 is 2. The highest BCUT2D eigenvalue weighted by atomic mass is 16.5. The molecule has 2 aromatic carbocycles. The first kappa shape index (κ1) is 19.2. The molecule has 0 saturated heterocycles. The second-order valence-electron chi connectivity index (χ2n) is 7.73. The molecule has 1 N–H and O–H groups in total. The number of ether oxygens (including phenoxy) is 2. The van der Waals surface area contributed by atoms with Crippen molar-refractivity contribution in [2.45, 2.75) is 37.6 Å². The summed E-state index contributed by atoms with van der Waals surface area (Å²) in [4.78, 5) is 17.8. The van der Waals surface area contributed by atoms with Crippen molar-refractivity contribution < 1.29 is 14.3 Å². The van der Waals surface area contributed by atoms with Gasteiger partial charge in [0.15, 0.2) is 11.5 Å². The van der Waals surface area contributed by atoms with E-state index in [2.05, 4.69) is 22.4 Å². The van der Waals surface area contributed by atoms with Crippen molar-refractivity contribution in [1.82, 2.24) is 10.3 Å². The maximum absolute atomic E-state index is 13.2. The number of aromatic nitrogens is 1. The third kappa shape index (κ3) is 3.65. The van der Waals surface area contributed by atoms with Gasteiger partial charge in [-0.15, -0.1) is 0 Å². The average molecular weight is 390 g/mol. The molecule has 5 nitrogen and oxygen atoms in total. The number of hydrogen-bond acceptors (Lipinski definition) is 4. The molecule has 0 spiro atoms. The van der Waals surface area contributed by atoms with Gasteiger partial charge in [0.05, 0.1) is 25.3 Å². The summed E-state index contributed by atoms with van der Waals surface area (Å²) in [6.45, 7) is 2.03. The van der Waals surface area contributed by atoms with Crippen LogP contribution in [0.3, 0.4) is 0 Å². The Morgan fingerprint density at radius 3 is 2.59 bits per heavy atom. The number of fused-ring (bicyclic) bond motifs is 1. The largest absolute Gasteiger partial charge is 0.493 e. The summed E-state index contributed by atoms with van der Waals surface area (Å²) in [7, 11) is 3.25. The van der Waals surface area contributed by atoms with Crippen LogP contribution < -0.4 is 14.8 Å². The van der Waals surface area contributed by atoms with Crippen molar-refractivity contribution in [3.05, 3.63) is 66.0 Å². The van der Waals surface area contributed by atoms with Crippen molar-refractivity contribution in [3.63, 3.8) is 0 Å². The molecular formula is C24H26N2O3. The summed E-state index contributed by atoms with van der Waals surface area (Å²) in [6, 6.07) is 16.0. The molecule has 0 bridgehead atoms. The van der Waals surface area contributed by atoms with Gasteiger partial charge in [0.1, 0.15) is 0 Å². The molecule has 1 aliphatic carbocycles. The van der Waals surface area contributed by atoms with E-state index in [0.717, 1.165) is 34.9 Å². The molecule has 1 amide bonds. The lowest BCUT2D eigenvalue weighted by Gasteiger charge is -2.21. The van der Waals surface area contributed by atoms with Gasteiger partial charge in [-0.25, -0.2) is 0 Å². The average Bonchev–Trinajstić information content (AvgIpc) is 3.55. The fourth-order valence-corrected chi connectivity index (χ4v) is 3.97. The first-order chi connectivity index (χ1) is 14.1. The lowest BCUT2D eigenvalue weighted by molar-refractivity contribution is -0.124. The summed E-state index contributed by atoms with van der Waals surface area (Å²) in [5.41, 5.74) is 1.47. The third-order valence-corrected chi connectivity index (χ3v) is 5.68. The first-order valence-electron chi connectivity index (χ1n) is 9.93. The van der Waals surface area contributed by atoms with Gasteiger partial charge in [0, 0.05) is 17.6 Å². The Morgan fingerprint density at radius 1 is 1.10 bits per heavy atom. The van der Waals surface area contributed by atoms with Crippen LogP contribution in [0.5, 0.6) is 11.5 Å². The summed E-state index contributed by atoms with van der Waals surface area (Å²) in [5, 5.41) is 5.39. The van der Waals surface area contributed by atoms with Crippen LogP contribution in [0.4, 0.5) is 0 Å². The van der Waals surface area contributed by atoms with Crippen molar-refractivity contribution in [1.29, 1.82) is 0 Å². The van der Waals surface area contributed by atoms with Gasteiger partial charge in [-0.3, -0.25) is 9.78 Å². The highest BCUT2D eigenvalue weighted by Gasteiger charge is 2.53. The smallest absolute Gasteiger partial charge is 0.232 e. The normalized spacial score (nSPS) is 15.6. The van der Waals surface area contributed by atoms with E-state index in [1.165, 1.54) is 0 Å². The van der Waals surface area contributed by atoms with Gasteiger partial charge in [-0.1, -0.05) is 30.3 Å². The summed E-state index contributed by atoms with van der Waals surface area (Å²) >= 11 is 0. The van der Waals surface area contributed by atoms with Crippen LogP contribution >= 0.6 is 0 Å². The van der Waals surface area contributed by atoms with Gasteiger partial charge < -0.3 is 14.8 Å². The third-order valence-electron chi connectivity index (χ3n) is 5.68. The fourth-order valence-electron chi connectivity index (χ4n) is 3.97. The standard InChI is InChI=1S/C24H26N2O3/c1-16(14-17-8-9-20(28-2)21(15-17)29-3)26-23(27)24(11-12-24)22-19-7-5-4-6-18(19)10-13-25-22/h4-10,13,15-16H,11-12,14H2,1-3H3,(H,26,27). The van der Waals surface area contributed by atoms with Gasteiger partial charge >= 0.3 is 0 Å². The maximum Gasteiger partial charge on any atom is 0.232 e. The molecule has 1 aromatic heterocycles. The Bertz CT molecular complexity index is 1040. The quantitative estimate of drug-likeness (QED) is 0.662. The van der Waals surface area contributed by atoms with Gasteiger partial charge in [-0.2, -0.15) is 0 Å². The van der Waals surface area contributed by atoms with Crippen molar-refractivity contribution in [3.8, 4) is 11.5 Å². The van der Waals surface area contributed by atoms with Gasteiger partial charge in [-0.05, 0) is 55.3 Å². The minimum Gasteiger partial charge on any atom is -0.493 e. The molecule has 1 fully saturated rings. The molecule has 1 heterocycles. The van der Waals surface area contributed by atoms with Gasteiger partial charge in [0.2, 0.25) is 5.91 Å². The zero-order chi connectivity index (χ0) is 20.4. The van der Waals surface area contributed by atoms with Gasteiger partial charge in [0.25, 0.3) is 0 Å².